The van der Waals surface area contributed by atoms with E-state index in [1.54, 1.807) is 18.2 Å². The van der Waals surface area contributed by atoms with Crippen molar-refractivity contribution in [3.05, 3.63) is 23.2 Å². The molecular formula is C10H12ClNO2Si. The fourth-order valence-electron chi connectivity index (χ4n) is 1.04. The van der Waals surface area contributed by atoms with Crippen molar-refractivity contribution in [3.63, 3.8) is 0 Å². The number of halogens is 1. The minimum absolute atomic E-state index is 0.469. The molecule has 1 aromatic rings. The van der Waals surface area contributed by atoms with Crippen LogP contribution in [-0.2, 0) is 4.79 Å². The van der Waals surface area contributed by atoms with Gasteiger partial charge in [0.15, 0.2) is 0 Å². The summed E-state index contributed by atoms with van der Waals surface area (Å²) in [5, 5.41) is 0.563. The van der Waals surface area contributed by atoms with Crippen molar-refractivity contribution < 1.29 is 9.22 Å². The van der Waals surface area contributed by atoms with Crippen LogP contribution < -0.4 is 4.43 Å². The number of isocyanates is 1. The smallest absolute Gasteiger partial charge is 0.242 e. The van der Waals surface area contributed by atoms with Crippen LogP contribution in [0.25, 0.3) is 0 Å². The molecule has 0 fully saturated rings. The Morgan fingerprint density at radius 2 is 2.07 bits per heavy atom. The third-order valence-corrected chi connectivity index (χ3v) is 2.57. The first-order valence-corrected chi connectivity index (χ1v) is 8.27. The highest BCUT2D eigenvalue weighted by molar-refractivity contribution is 6.70. The van der Waals surface area contributed by atoms with E-state index in [4.69, 9.17) is 16.0 Å². The molecule has 3 nitrogen and oxygen atoms in total. The largest absolute Gasteiger partial charge is 0.543 e. The molecule has 1 aromatic carbocycles. The molecule has 0 amide bonds. The second-order valence-electron chi connectivity index (χ2n) is 4.03. The van der Waals surface area contributed by atoms with E-state index in [0.717, 1.165) is 0 Å². The Morgan fingerprint density at radius 1 is 1.40 bits per heavy atom. The number of hydrogen-bond donors (Lipinski definition) is 0. The normalized spacial score (nSPS) is 10.7. The number of aliphatic imine (C=N–C) groups is 1. The van der Waals surface area contributed by atoms with Gasteiger partial charge in [-0.1, -0.05) is 11.6 Å². The molecule has 0 aliphatic carbocycles. The van der Waals surface area contributed by atoms with Crippen LogP contribution in [0, 0.1) is 0 Å². The number of nitrogens with zero attached hydrogens (tertiary/aromatic N) is 1. The summed E-state index contributed by atoms with van der Waals surface area (Å²) in [6.07, 6.45) is 1.50. The maximum absolute atomic E-state index is 10.2. The summed E-state index contributed by atoms with van der Waals surface area (Å²) in [5.41, 5.74) is 0.469. The van der Waals surface area contributed by atoms with Crippen molar-refractivity contribution in [1.82, 2.24) is 0 Å². The lowest BCUT2D eigenvalue weighted by Gasteiger charge is -2.20. The van der Waals surface area contributed by atoms with Gasteiger partial charge < -0.3 is 4.43 Å². The molecule has 0 aliphatic heterocycles. The van der Waals surface area contributed by atoms with Crippen LogP contribution in [0.3, 0.4) is 0 Å². The second kappa shape index (κ2) is 4.62. The Hall–Kier alpha value is -1.09. The lowest BCUT2D eigenvalue weighted by Crippen LogP contribution is -2.29. The molecule has 0 aromatic heterocycles. The topological polar surface area (TPSA) is 38.7 Å². The molecule has 0 aliphatic rings. The van der Waals surface area contributed by atoms with E-state index in [1.165, 1.54) is 6.08 Å². The van der Waals surface area contributed by atoms with Gasteiger partial charge in [0.2, 0.25) is 14.4 Å². The zero-order chi connectivity index (χ0) is 11.5. The summed E-state index contributed by atoms with van der Waals surface area (Å²) >= 11 is 5.84. The molecule has 0 unspecified atom stereocenters. The Kier molecular flexibility index (Phi) is 3.69. The minimum atomic E-state index is -1.73. The number of hydrogen-bond acceptors (Lipinski definition) is 3. The monoisotopic (exact) mass is 241 g/mol. The maximum Gasteiger partial charge on any atom is 0.242 e. The van der Waals surface area contributed by atoms with Crippen molar-refractivity contribution in [2.45, 2.75) is 19.6 Å². The molecule has 0 spiro atoms. The van der Waals surface area contributed by atoms with Gasteiger partial charge in [0.25, 0.3) is 0 Å². The van der Waals surface area contributed by atoms with Crippen LogP contribution in [0.4, 0.5) is 5.69 Å². The Bertz CT molecular complexity index is 408. The Balaban J connectivity index is 3.13. The average molecular weight is 242 g/mol. The van der Waals surface area contributed by atoms with Crippen LogP contribution in [0.5, 0.6) is 5.75 Å². The average Bonchev–Trinajstić information content (AvgIpc) is 2.07. The van der Waals surface area contributed by atoms with E-state index in [-0.39, 0.29) is 0 Å². The highest BCUT2D eigenvalue weighted by Gasteiger charge is 2.18. The van der Waals surface area contributed by atoms with Gasteiger partial charge in [-0.05, 0) is 37.8 Å². The standard InChI is InChI=1S/C10H12ClNO2Si/c1-15(2,3)14-10-6-8(11)4-5-9(10)12-7-13/h4-6H,1-3H3. The highest BCUT2D eigenvalue weighted by Crippen LogP contribution is 2.32. The van der Waals surface area contributed by atoms with Crippen molar-refractivity contribution in [2.75, 3.05) is 0 Å². The number of carbonyl (C=O) groups excluding carboxylic acids is 1. The third kappa shape index (κ3) is 3.87. The summed E-state index contributed by atoms with van der Waals surface area (Å²) < 4.78 is 5.75. The van der Waals surface area contributed by atoms with Gasteiger partial charge in [-0.25, -0.2) is 4.79 Å². The zero-order valence-corrected chi connectivity index (χ0v) is 10.6. The quantitative estimate of drug-likeness (QED) is 0.461. The molecule has 0 saturated heterocycles. The van der Waals surface area contributed by atoms with Crippen molar-refractivity contribution in [2.24, 2.45) is 4.99 Å². The van der Waals surface area contributed by atoms with Gasteiger partial charge in [0, 0.05) is 5.02 Å². The van der Waals surface area contributed by atoms with Gasteiger partial charge in [0.05, 0.1) is 0 Å². The fourth-order valence-corrected chi connectivity index (χ4v) is 2.03. The summed E-state index contributed by atoms with van der Waals surface area (Å²) in [6.45, 7) is 6.13. The minimum Gasteiger partial charge on any atom is -0.543 e. The number of benzene rings is 1. The highest BCUT2D eigenvalue weighted by atomic mass is 35.5. The van der Waals surface area contributed by atoms with Gasteiger partial charge >= 0.3 is 0 Å². The first kappa shape index (κ1) is 12.0. The van der Waals surface area contributed by atoms with E-state index in [0.29, 0.717) is 16.5 Å². The van der Waals surface area contributed by atoms with Crippen molar-refractivity contribution in [3.8, 4) is 5.75 Å². The van der Waals surface area contributed by atoms with Gasteiger partial charge in [0.1, 0.15) is 11.4 Å². The van der Waals surface area contributed by atoms with Crippen molar-refractivity contribution in [1.29, 1.82) is 0 Å². The molecule has 0 atom stereocenters. The predicted octanol–water partition coefficient (Wildman–Crippen LogP) is 3.52. The molecule has 0 heterocycles. The summed E-state index contributed by atoms with van der Waals surface area (Å²) in [4.78, 5) is 13.8. The maximum atomic E-state index is 10.2. The van der Waals surface area contributed by atoms with E-state index in [2.05, 4.69) is 4.99 Å². The summed E-state index contributed by atoms with van der Waals surface area (Å²) in [6, 6.07) is 4.97. The van der Waals surface area contributed by atoms with Gasteiger partial charge in [-0.3, -0.25) is 0 Å². The van der Waals surface area contributed by atoms with Crippen LogP contribution in [-0.4, -0.2) is 14.4 Å². The lowest BCUT2D eigenvalue weighted by atomic mass is 10.3. The molecular weight excluding hydrogens is 230 g/mol. The molecule has 5 heteroatoms. The predicted molar refractivity (Wildman–Crippen MR) is 63.2 cm³/mol. The Morgan fingerprint density at radius 3 is 2.60 bits per heavy atom. The molecule has 0 radical (unpaired) electrons. The van der Waals surface area contributed by atoms with Gasteiger partial charge in [-0.2, -0.15) is 4.99 Å². The lowest BCUT2D eigenvalue weighted by molar-refractivity contribution is 0.555. The first-order valence-electron chi connectivity index (χ1n) is 4.49. The SMILES string of the molecule is C[Si](C)(C)Oc1cc(Cl)ccc1N=C=O. The van der Waals surface area contributed by atoms with E-state index in [9.17, 15) is 4.79 Å². The van der Waals surface area contributed by atoms with Crippen LogP contribution in [0.2, 0.25) is 24.7 Å². The van der Waals surface area contributed by atoms with Crippen LogP contribution in [0.1, 0.15) is 0 Å². The fraction of sp³-hybridized carbons (Fsp3) is 0.300. The number of rotatable bonds is 3. The molecule has 15 heavy (non-hydrogen) atoms. The summed E-state index contributed by atoms with van der Waals surface area (Å²) in [5.74, 6) is 0.546. The first-order chi connectivity index (χ1) is 6.92. The van der Waals surface area contributed by atoms with E-state index < -0.39 is 8.32 Å². The van der Waals surface area contributed by atoms with Crippen LogP contribution in [0.15, 0.2) is 23.2 Å². The van der Waals surface area contributed by atoms with Crippen LogP contribution >= 0.6 is 11.6 Å². The van der Waals surface area contributed by atoms with E-state index in [1.807, 2.05) is 19.6 Å². The third-order valence-electron chi connectivity index (χ3n) is 1.50. The molecule has 0 N–H and O–H groups in total. The Labute approximate surface area is 94.9 Å². The van der Waals surface area contributed by atoms with Crippen molar-refractivity contribution >= 4 is 31.7 Å². The second-order valence-corrected chi connectivity index (χ2v) is 8.89. The molecule has 0 bridgehead atoms. The summed E-state index contributed by atoms with van der Waals surface area (Å²) in [7, 11) is -1.73. The van der Waals surface area contributed by atoms with E-state index >= 15 is 0 Å². The molecule has 0 saturated carbocycles. The zero-order valence-electron chi connectivity index (χ0n) is 8.87. The molecule has 1 rings (SSSR count). The molecule has 80 valence electrons. The van der Waals surface area contributed by atoms with Gasteiger partial charge in [-0.15, -0.1) is 0 Å².